The molecule has 3 aromatic rings. The second kappa shape index (κ2) is 10.4. The fraction of sp³-hybridized carbons (Fsp3) is 0.250. The maximum atomic E-state index is 13.5. The summed E-state index contributed by atoms with van der Waals surface area (Å²) in [4.78, 5) is 16.1. The average Bonchev–Trinajstić information content (AvgIpc) is 3.07. The van der Waals surface area contributed by atoms with Crippen LogP contribution in [0.1, 0.15) is 31.4 Å². The van der Waals surface area contributed by atoms with Crippen LogP contribution in [0.15, 0.2) is 66.7 Å². The highest BCUT2D eigenvalue weighted by molar-refractivity contribution is 7.81. The van der Waals surface area contributed by atoms with E-state index in [0.29, 0.717) is 24.5 Å². The number of carbonyl (C=O) groups is 1. The molecule has 0 aliphatic carbocycles. The van der Waals surface area contributed by atoms with E-state index < -0.39 is 28.7 Å². The maximum Gasteiger partial charge on any atom is 0.417 e. The molecular weight excluding hydrogens is 515 g/mol. The van der Waals surface area contributed by atoms with Gasteiger partial charge in [0.05, 0.1) is 29.5 Å². The third-order valence-corrected chi connectivity index (χ3v) is 6.60. The molecule has 3 aromatic carbocycles. The molecule has 0 aromatic heterocycles. The monoisotopic (exact) mass is 539 g/mol. The van der Waals surface area contributed by atoms with Crippen molar-refractivity contribution in [3.63, 3.8) is 0 Å². The lowest BCUT2D eigenvalue weighted by atomic mass is 10.0. The number of nitriles is 1. The summed E-state index contributed by atoms with van der Waals surface area (Å²) in [6.45, 7) is 3.79. The summed E-state index contributed by atoms with van der Waals surface area (Å²) in [5.41, 5.74) is -0.437. The highest BCUT2D eigenvalue weighted by Gasteiger charge is 2.50. The van der Waals surface area contributed by atoms with E-state index >= 15 is 0 Å². The van der Waals surface area contributed by atoms with Gasteiger partial charge in [0.2, 0.25) is 0 Å². The van der Waals surface area contributed by atoms with Crippen LogP contribution in [0.3, 0.4) is 0 Å². The summed E-state index contributed by atoms with van der Waals surface area (Å²) in [5, 5.41) is 18.0. The number of alkyl halides is 3. The number of hydrogen-bond acceptors (Lipinski definition) is 5. The Morgan fingerprint density at radius 3 is 2.13 bits per heavy atom. The van der Waals surface area contributed by atoms with E-state index in [1.54, 1.807) is 36.9 Å². The summed E-state index contributed by atoms with van der Waals surface area (Å²) in [6, 6.07) is 19.5. The second-order valence-corrected chi connectivity index (χ2v) is 9.52. The van der Waals surface area contributed by atoms with Gasteiger partial charge in [-0.2, -0.15) is 18.4 Å². The van der Waals surface area contributed by atoms with Crippen LogP contribution in [0.5, 0.6) is 5.75 Å². The van der Waals surface area contributed by atoms with Gasteiger partial charge in [0.15, 0.2) is 5.11 Å². The molecule has 38 heavy (non-hydrogen) atoms. The number of anilines is 2. The van der Waals surface area contributed by atoms with Crippen LogP contribution >= 0.6 is 12.2 Å². The fourth-order valence-corrected chi connectivity index (χ4v) is 4.78. The zero-order chi connectivity index (χ0) is 27.7. The first-order chi connectivity index (χ1) is 18.0. The summed E-state index contributed by atoms with van der Waals surface area (Å²) in [6.07, 6.45) is -4.22. The predicted octanol–water partition coefficient (Wildman–Crippen LogP) is 5.92. The second-order valence-electron chi connectivity index (χ2n) is 9.15. The van der Waals surface area contributed by atoms with Crippen molar-refractivity contribution in [1.82, 2.24) is 0 Å². The van der Waals surface area contributed by atoms with Crippen molar-refractivity contribution in [2.24, 2.45) is 0 Å². The molecule has 196 valence electrons. The highest BCUT2D eigenvalue weighted by Crippen LogP contribution is 2.40. The number of rotatable bonds is 7. The largest absolute Gasteiger partial charge is 0.494 e. The molecule has 0 bridgehead atoms. The van der Waals surface area contributed by atoms with Crippen LogP contribution in [0.2, 0.25) is 0 Å². The smallest absolute Gasteiger partial charge is 0.417 e. The van der Waals surface area contributed by atoms with Gasteiger partial charge in [0.1, 0.15) is 11.3 Å². The first kappa shape index (κ1) is 27.1. The highest BCUT2D eigenvalue weighted by atomic mass is 32.1. The number of aliphatic hydroxyl groups excluding tert-OH is 1. The number of thiocarbonyl (C=S) groups is 1. The Bertz CT molecular complexity index is 1400. The summed E-state index contributed by atoms with van der Waals surface area (Å²) in [7, 11) is 0. The van der Waals surface area contributed by atoms with Crippen LogP contribution in [-0.4, -0.2) is 34.9 Å². The number of aliphatic hydroxyl groups is 1. The van der Waals surface area contributed by atoms with Gasteiger partial charge in [-0.15, -0.1) is 0 Å². The van der Waals surface area contributed by atoms with Gasteiger partial charge in [-0.05, 0) is 79.7 Å². The van der Waals surface area contributed by atoms with Crippen LogP contribution in [0.4, 0.5) is 24.5 Å². The Balaban J connectivity index is 1.61. The number of carbonyl (C=O) groups excluding carboxylic acids is 1. The number of hydrogen-bond donors (Lipinski definition) is 1. The van der Waals surface area contributed by atoms with Crippen molar-refractivity contribution in [3.05, 3.63) is 77.9 Å². The van der Waals surface area contributed by atoms with E-state index in [1.807, 2.05) is 36.4 Å². The number of halogens is 3. The molecule has 0 atom stereocenters. The SMILES string of the molecule is CC1(C)C(=O)N(c2ccc(C#N)c(C(F)(F)F)c2)C(=S)N1c1ccc(-c2ccc(OCCCO)cc2)cc1. The van der Waals surface area contributed by atoms with Crippen LogP contribution in [0.25, 0.3) is 11.1 Å². The number of amides is 1. The Morgan fingerprint density at radius 2 is 1.58 bits per heavy atom. The van der Waals surface area contributed by atoms with Gasteiger partial charge in [-0.25, -0.2) is 0 Å². The van der Waals surface area contributed by atoms with Crippen molar-refractivity contribution in [1.29, 1.82) is 5.26 Å². The van der Waals surface area contributed by atoms with Gasteiger partial charge in [0, 0.05) is 18.7 Å². The number of benzene rings is 3. The van der Waals surface area contributed by atoms with Crippen molar-refractivity contribution in [2.75, 3.05) is 23.0 Å². The normalized spacial score (nSPS) is 15.1. The topological polar surface area (TPSA) is 76.8 Å². The molecule has 4 rings (SSSR count). The molecule has 1 aliphatic rings. The third kappa shape index (κ3) is 5.08. The fourth-order valence-electron chi connectivity index (χ4n) is 4.26. The molecule has 1 heterocycles. The van der Waals surface area contributed by atoms with E-state index in [1.165, 1.54) is 6.07 Å². The van der Waals surface area contributed by atoms with E-state index in [0.717, 1.165) is 28.2 Å². The van der Waals surface area contributed by atoms with Gasteiger partial charge in [0.25, 0.3) is 5.91 Å². The molecular formula is C28H24F3N3O3S. The van der Waals surface area contributed by atoms with Crippen molar-refractivity contribution in [2.45, 2.75) is 32.0 Å². The molecule has 1 amide bonds. The summed E-state index contributed by atoms with van der Waals surface area (Å²) in [5.74, 6) is 0.208. The van der Waals surface area contributed by atoms with Crippen molar-refractivity contribution < 1.29 is 27.8 Å². The van der Waals surface area contributed by atoms with Crippen LogP contribution in [0, 0.1) is 11.3 Å². The minimum absolute atomic E-state index is 0.0370. The lowest BCUT2D eigenvalue weighted by Gasteiger charge is -2.29. The molecule has 10 heteroatoms. The van der Waals surface area contributed by atoms with Crippen molar-refractivity contribution >= 4 is 34.6 Å². The van der Waals surface area contributed by atoms with E-state index in [2.05, 4.69) is 0 Å². The lowest BCUT2D eigenvalue weighted by molar-refractivity contribution is -0.137. The standard InChI is InChI=1S/C28H24F3N3O3S/c1-27(2)25(36)33(22-11-6-20(17-32)24(16-22)28(29,30)31)26(38)34(27)21-9-4-18(5-10-21)19-7-12-23(13-8-19)37-15-3-14-35/h4-13,16,35H,3,14-15H2,1-2H3. The minimum atomic E-state index is -4.76. The Kier molecular flexibility index (Phi) is 7.44. The third-order valence-electron chi connectivity index (χ3n) is 6.24. The van der Waals surface area contributed by atoms with E-state index in [9.17, 15) is 18.0 Å². The minimum Gasteiger partial charge on any atom is -0.494 e. The van der Waals surface area contributed by atoms with Gasteiger partial charge < -0.3 is 14.7 Å². The van der Waals surface area contributed by atoms with Crippen LogP contribution < -0.4 is 14.5 Å². The Morgan fingerprint density at radius 1 is 1.00 bits per heavy atom. The molecule has 6 nitrogen and oxygen atoms in total. The molecule has 1 fully saturated rings. The maximum absolute atomic E-state index is 13.5. The molecule has 1 aliphatic heterocycles. The summed E-state index contributed by atoms with van der Waals surface area (Å²) < 4.78 is 46.2. The molecule has 0 unspecified atom stereocenters. The first-order valence-corrected chi connectivity index (χ1v) is 12.1. The molecule has 0 saturated carbocycles. The molecule has 0 radical (unpaired) electrons. The zero-order valence-electron chi connectivity index (χ0n) is 20.6. The quantitative estimate of drug-likeness (QED) is 0.297. The molecule has 1 N–H and O–H groups in total. The molecule has 0 spiro atoms. The van der Waals surface area contributed by atoms with Crippen molar-refractivity contribution in [3.8, 4) is 22.9 Å². The lowest BCUT2D eigenvalue weighted by Crippen LogP contribution is -2.44. The Hall–Kier alpha value is -3.94. The van der Waals surface area contributed by atoms with Gasteiger partial charge >= 0.3 is 6.18 Å². The van der Waals surface area contributed by atoms with Gasteiger partial charge in [-0.3, -0.25) is 9.69 Å². The predicted molar refractivity (Wildman–Crippen MR) is 142 cm³/mol. The van der Waals surface area contributed by atoms with Crippen LogP contribution in [-0.2, 0) is 11.0 Å². The molecule has 1 saturated heterocycles. The summed E-state index contributed by atoms with van der Waals surface area (Å²) >= 11 is 5.59. The number of ether oxygens (including phenoxy) is 1. The Labute approximate surface area is 223 Å². The first-order valence-electron chi connectivity index (χ1n) is 11.7. The average molecular weight is 540 g/mol. The van der Waals surface area contributed by atoms with E-state index in [-0.39, 0.29) is 17.4 Å². The zero-order valence-corrected chi connectivity index (χ0v) is 21.4. The number of nitrogens with zero attached hydrogens (tertiary/aromatic N) is 3. The van der Waals surface area contributed by atoms with E-state index in [4.69, 9.17) is 27.3 Å². The van der Waals surface area contributed by atoms with Gasteiger partial charge in [-0.1, -0.05) is 24.3 Å².